The van der Waals surface area contributed by atoms with Crippen LogP contribution < -0.4 is 0 Å². The average molecular weight is 260 g/mol. The number of hydrogen-bond acceptors (Lipinski definition) is 4. The van der Waals surface area contributed by atoms with Crippen molar-refractivity contribution in [3.05, 3.63) is 64.0 Å². The number of nitrogens with zero attached hydrogens (tertiary/aromatic N) is 2. The van der Waals surface area contributed by atoms with E-state index in [4.69, 9.17) is 0 Å². The van der Waals surface area contributed by atoms with Crippen LogP contribution in [0.15, 0.2) is 47.5 Å². The summed E-state index contributed by atoms with van der Waals surface area (Å²) in [4.78, 5) is 14.0. The summed E-state index contributed by atoms with van der Waals surface area (Å²) in [5, 5.41) is 20.2. The highest BCUT2D eigenvalue weighted by molar-refractivity contribution is 5.86. The fourth-order valence-electron chi connectivity index (χ4n) is 1.46. The van der Waals surface area contributed by atoms with Crippen LogP contribution >= 0.6 is 0 Å². The maximum Gasteiger partial charge on any atom is 0.270 e. The quantitative estimate of drug-likeness (QED) is 0.523. The molecule has 1 N–H and O–H groups in total. The Morgan fingerprint density at radius 1 is 1.26 bits per heavy atom. The number of rotatable bonds is 3. The third-order valence-electron chi connectivity index (χ3n) is 2.38. The van der Waals surface area contributed by atoms with Crippen LogP contribution in [0.1, 0.15) is 5.56 Å². The zero-order valence-electron chi connectivity index (χ0n) is 9.65. The van der Waals surface area contributed by atoms with Crippen LogP contribution in [0.3, 0.4) is 0 Å². The lowest BCUT2D eigenvalue weighted by molar-refractivity contribution is -0.384. The summed E-state index contributed by atoms with van der Waals surface area (Å²) in [6.07, 6.45) is 1.25. The highest BCUT2D eigenvalue weighted by Gasteiger charge is 2.08. The second kappa shape index (κ2) is 5.26. The normalized spacial score (nSPS) is 10.8. The molecule has 0 heterocycles. The van der Waals surface area contributed by atoms with Crippen LogP contribution in [0, 0.1) is 15.9 Å². The topological polar surface area (TPSA) is 75.7 Å². The van der Waals surface area contributed by atoms with Gasteiger partial charge in [0.1, 0.15) is 11.6 Å². The number of aliphatic imine (C=N–C) groups is 1. The molecule has 0 radical (unpaired) electrons. The van der Waals surface area contributed by atoms with Gasteiger partial charge in [0.2, 0.25) is 0 Å². The maximum absolute atomic E-state index is 12.9. The number of hydrogen-bond donors (Lipinski definition) is 1. The highest BCUT2D eigenvalue weighted by atomic mass is 19.1. The molecule has 0 unspecified atom stereocenters. The summed E-state index contributed by atoms with van der Waals surface area (Å²) in [5.41, 5.74) is 0.392. The van der Waals surface area contributed by atoms with Crippen LogP contribution in [0.2, 0.25) is 0 Å². The lowest BCUT2D eigenvalue weighted by Crippen LogP contribution is -1.90. The van der Waals surface area contributed by atoms with Gasteiger partial charge < -0.3 is 5.11 Å². The average Bonchev–Trinajstić information content (AvgIpc) is 2.37. The van der Waals surface area contributed by atoms with Crippen LogP contribution in [-0.4, -0.2) is 16.2 Å². The minimum atomic E-state index is -0.570. The number of nitro groups is 1. The second-order valence-corrected chi connectivity index (χ2v) is 3.74. The maximum atomic E-state index is 12.9. The molecule has 0 fully saturated rings. The molecule has 0 amide bonds. The molecule has 0 saturated heterocycles. The van der Waals surface area contributed by atoms with Gasteiger partial charge in [-0.05, 0) is 24.3 Å². The molecule has 5 nitrogen and oxygen atoms in total. The second-order valence-electron chi connectivity index (χ2n) is 3.74. The molecule has 0 saturated carbocycles. The molecule has 0 atom stereocenters. The summed E-state index contributed by atoms with van der Waals surface area (Å²) < 4.78 is 12.9. The molecular formula is C13H9FN2O3. The summed E-state index contributed by atoms with van der Waals surface area (Å²) in [6.45, 7) is 0. The fourth-order valence-corrected chi connectivity index (χ4v) is 1.46. The van der Waals surface area contributed by atoms with Crippen molar-refractivity contribution in [1.82, 2.24) is 0 Å². The van der Waals surface area contributed by atoms with Crippen molar-refractivity contribution in [1.29, 1.82) is 0 Å². The fraction of sp³-hybridized carbons (Fsp3) is 0. The SMILES string of the molecule is O=[N+]([O-])c1ccc(O)c(C=Nc2cccc(F)c2)c1. The Hall–Kier alpha value is -2.76. The number of benzene rings is 2. The van der Waals surface area contributed by atoms with Gasteiger partial charge in [0.15, 0.2) is 0 Å². The molecule has 6 heteroatoms. The standard InChI is InChI=1S/C13H9FN2O3/c14-10-2-1-3-11(7-10)15-8-9-6-12(16(18)19)4-5-13(9)17/h1-8,17H. The first-order valence-electron chi connectivity index (χ1n) is 5.33. The Kier molecular flexibility index (Phi) is 3.51. The van der Waals surface area contributed by atoms with Gasteiger partial charge in [-0.2, -0.15) is 0 Å². The first-order valence-corrected chi connectivity index (χ1v) is 5.33. The summed E-state index contributed by atoms with van der Waals surface area (Å²) in [5.74, 6) is -0.566. The Morgan fingerprint density at radius 3 is 2.74 bits per heavy atom. The van der Waals surface area contributed by atoms with E-state index in [0.717, 1.165) is 0 Å². The minimum Gasteiger partial charge on any atom is -0.507 e. The van der Waals surface area contributed by atoms with Gasteiger partial charge in [-0.25, -0.2) is 4.39 Å². The van der Waals surface area contributed by atoms with Crippen molar-refractivity contribution in [2.45, 2.75) is 0 Å². The first-order chi connectivity index (χ1) is 9.06. The van der Waals surface area contributed by atoms with E-state index in [1.807, 2.05) is 0 Å². The van der Waals surface area contributed by atoms with Gasteiger partial charge >= 0.3 is 0 Å². The molecule has 0 bridgehead atoms. The predicted molar refractivity (Wildman–Crippen MR) is 68.4 cm³/mol. The number of halogens is 1. The number of aromatic hydroxyl groups is 1. The van der Waals surface area contributed by atoms with Gasteiger partial charge in [-0.1, -0.05) is 6.07 Å². The molecule has 2 rings (SSSR count). The highest BCUT2D eigenvalue weighted by Crippen LogP contribution is 2.22. The van der Waals surface area contributed by atoms with E-state index in [9.17, 15) is 19.6 Å². The minimum absolute atomic E-state index is 0.134. The van der Waals surface area contributed by atoms with E-state index < -0.39 is 10.7 Å². The van der Waals surface area contributed by atoms with Crippen LogP contribution in [-0.2, 0) is 0 Å². The summed E-state index contributed by atoms with van der Waals surface area (Å²) in [7, 11) is 0. The van der Waals surface area contributed by atoms with Crippen molar-refractivity contribution >= 4 is 17.6 Å². The molecule has 2 aromatic carbocycles. The van der Waals surface area contributed by atoms with E-state index in [1.54, 1.807) is 6.07 Å². The van der Waals surface area contributed by atoms with Gasteiger partial charge in [0.05, 0.1) is 10.6 Å². The third-order valence-corrected chi connectivity index (χ3v) is 2.38. The van der Waals surface area contributed by atoms with Crippen LogP contribution in [0.25, 0.3) is 0 Å². The molecule has 0 aliphatic heterocycles. The van der Waals surface area contributed by atoms with Crippen molar-refractivity contribution in [2.75, 3.05) is 0 Å². The molecule has 0 aliphatic rings. The molecule has 0 aromatic heterocycles. The van der Waals surface area contributed by atoms with Crippen LogP contribution in [0.5, 0.6) is 5.75 Å². The van der Waals surface area contributed by atoms with Crippen molar-refractivity contribution in [2.24, 2.45) is 4.99 Å². The van der Waals surface area contributed by atoms with E-state index in [-0.39, 0.29) is 17.0 Å². The number of phenolic OH excluding ortho intramolecular Hbond substituents is 1. The third kappa shape index (κ3) is 3.12. The molecule has 96 valence electrons. The van der Waals surface area contributed by atoms with Crippen molar-refractivity contribution < 1.29 is 14.4 Å². The smallest absolute Gasteiger partial charge is 0.270 e. The summed E-state index contributed by atoms with van der Waals surface area (Å²) in [6, 6.07) is 9.16. The van der Waals surface area contributed by atoms with E-state index >= 15 is 0 Å². The first kappa shape index (κ1) is 12.7. The molecule has 0 spiro atoms. The largest absolute Gasteiger partial charge is 0.507 e. The van der Waals surface area contributed by atoms with Gasteiger partial charge in [0, 0.05) is 23.9 Å². The van der Waals surface area contributed by atoms with Gasteiger partial charge in [-0.3, -0.25) is 15.1 Å². The number of non-ortho nitro benzene ring substituents is 1. The van der Waals surface area contributed by atoms with Gasteiger partial charge in [0.25, 0.3) is 5.69 Å². The number of phenols is 1. The Morgan fingerprint density at radius 2 is 2.05 bits per heavy atom. The Labute approximate surface area is 107 Å². The van der Waals surface area contributed by atoms with Crippen molar-refractivity contribution in [3.8, 4) is 5.75 Å². The lowest BCUT2D eigenvalue weighted by Gasteiger charge is -1.99. The Balaban J connectivity index is 2.32. The van der Waals surface area contributed by atoms with Crippen LogP contribution in [0.4, 0.5) is 15.8 Å². The molecule has 19 heavy (non-hydrogen) atoms. The Bertz CT molecular complexity index is 656. The van der Waals surface area contributed by atoms with E-state index in [0.29, 0.717) is 5.69 Å². The van der Waals surface area contributed by atoms with E-state index in [2.05, 4.69) is 4.99 Å². The summed E-state index contributed by atoms with van der Waals surface area (Å²) >= 11 is 0. The molecular weight excluding hydrogens is 251 g/mol. The zero-order valence-corrected chi connectivity index (χ0v) is 9.65. The lowest BCUT2D eigenvalue weighted by atomic mass is 10.2. The monoisotopic (exact) mass is 260 g/mol. The molecule has 0 aliphatic carbocycles. The predicted octanol–water partition coefficient (Wildman–Crippen LogP) is 3.19. The van der Waals surface area contributed by atoms with Gasteiger partial charge in [-0.15, -0.1) is 0 Å². The zero-order chi connectivity index (χ0) is 13.8. The number of nitro benzene ring substituents is 1. The van der Waals surface area contributed by atoms with Crippen molar-refractivity contribution in [3.63, 3.8) is 0 Å². The molecule has 2 aromatic rings. The van der Waals surface area contributed by atoms with E-state index in [1.165, 1.54) is 42.6 Å².